The van der Waals surface area contributed by atoms with Crippen molar-refractivity contribution in [2.24, 2.45) is 0 Å². The number of nitrogens with two attached hydrogens (primary N) is 1. The van der Waals surface area contributed by atoms with Gasteiger partial charge in [-0.25, -0.2) is 9.97 Å². The van der Waals surface area contributed by atoms with E-state index < -0.39 is 0 Å². The summed E-state index contributed by atoms with van der Waals surface area (Å²) in [6.45, 7) is 6.41. The van der Waals surface area contributed by atoms with E-state index in [4.69, 9.17) is 5.73 Å². The Morgan fingerprint density at radius 2 is 2.05 bits per heavy atom. The van der Waals surface area contributed by atoms with Gasteiger partial charge in [0, 0.05) is 12.5 Å². The number of carbonyl (C=O) groups excluding carboxylic acids is 1. The Bertz CT molecular complexity index is 652. The minimum Gasteiger partial charge on any atom is -0.396 e. The largest absolute Gasteiger partial charge is 0.396 e. The first kappa shape index (κ1) is 15.0. The summed E-state index contributed by atoms with van der Waals surface area (Å²) in [5, 5.41) is 2.85. The lowest BCUT2D eigenvalue weighted by molar-refractivity contribution is 0.0946. The molecule has 0 saturated heterocycles. The van der Waals surface area contributed by atoms with Crippen LogP contribution in [-0.4, -0.2) is 15.9 Å². The number of nitrogen functional groups attached to an aromatic ring is 1. The van der Waals surface area contributed by atoms with Crippen molar-refractivity contribution >= 4 is 11.6 Å². The number of aryl methyl sites for hydroxylation is 1. The van der Waals surface area contributed by atoms with Crippen molar-refractivity contribution in [3.8, 4) is 0 Å². The molecule has 2 aromatic rings. The Hall–Kier alpha value is -2.43. The van der Waals surface area contributed by atoms with Gasteiger partial charge in [-0.15, -0.1) is 0 Å². The molecule has 0 aliphatic rings. The fraction of sp³-hybridized carbons (Fsp3) is 0.312. The first-order valence-electron chi connectivity index (χ1n) is 6.94. The number of hydrogen-bond donors (Lipinski definition) is 2. The van der Waals surface area contributed by atoms with Crippen molar-refractivity contribution in [1.82, 2.24) is 15.3 Å². The summed E-state index contributed by atoms with van der Waals surface area (Å²) in [6, 6.07) is 7.91. The lowest BCUT2D eigenvalue weighted by Gasteiger charge is -2.10. The van der Waals surface area contributed by atoms with Gasteiger partial charge in [-0.2, -0.15) is 0 Å². The van der Waals surface area contributed by atoms with E-state index in [0.717, 1.165) is 11.1 Å². The van der Waals surface area contributed by atoms with Crippen molar-refractivity contribution in [2.45, 2.75) is 33.2 Å². The quantitative estimate of drug-likeness (QED) is 0.903. The monoisotopic (exact) mass is 284 g/mol. The highest BCUT2D eigenvalue weighted by atomic mass is 16.1. The van der Waals surface area contributed by atoms with Gasteiger partial charge < -0.3 is 11.1 Å². The fourth-order valence-corrected chi connectivity index (χ4v) is 1.93. The molecule has 5 heteroatoms. The van der Waals surface area contributed by atoms with Crippen molar-refractivity contribution in [3.05, 3.63) is 53.1 Å². The van der Waals surface area contributed by atoms with Crippen molar-refractivity contribution in [1.29, 1.82) is 0 Å². The van der Waals surface area contributed by atoms with E-state index in [1.54, 1.807) is 0 Å². The van der Waals surface area contributed by atoms with Gasteiger partial charge in [0.15, 0.2) is 5.69 Å². The lowest BCUT2D eigenvalue weighted by Crippen LogP contribution is -2.26. The van der Waals surface area contributed by atoms with Crippen LogP contribution in [0.25, 0.3) is 0 Å². The number of nitrogens with one attached hydrogen (secondary N) is 1. The van der Waals surface area contributed by atoms with Crippen LogP contribution in [0.1, 0.15) is 47.2 Å². The van der Waals surface area contributed by atoms with Crippen LogP contribution in [0.3, 0.4) is 0 Å². The summed E-state index contributed by atoms with van der Waals surface area (Å²) < 4.78 is 0. The summed E-state index contributed by atoms with van der Waals surface area (Å²) in [7, 11) is 0. The minimum atomic E-state index is -0.278. The number of benzene rings is 1. The molecule has 1 heterocycles. The summed E-state index contributed by atoms with van der Waals surface area (Å²) in [5.41, 5.74) is 8.54. The van der Waals surface area contributed by atoms with Crippen molar-refractivity contribution < 1.29 is 4.79 Å². The van der Waals surface area contributed by atoms with E-state index in [1.807, 2.05) is 45.0 Å². The summed E-state index contributed by atoms with van der Waals surface area (Å²) in [6.07, 6.45) is 1.49. The second-order valence-electron chi connectivity index (χ2n) is 5.30. The number of amides is 1. The summed E-state index contributed by atoms with van der Waals surface area (Å²) in [5.74, 6) is 0.485. The predicted molar refractivity (Wildman–Crippen MR) is 82.9 cm³/mol. The van der Waals surface area contributed by atoms with Gasteiger partial charge in [0.1, 0.15) is 5.82 Å². The molecule has 0 aliphatic heterocycles. The Morgan fingerprint density at radius 1 is 1.33 bits per heavy atom. The van der Waals surface area contributed by atoms with E-state index in [0.29, 0.717) is 18.1 Å². The molecule has 110 valence electrons. The first-order chi connectivity index (χ1) is 9.99. The fourth-order valence-electron chi connectivity index (χ4n) is 1.93. The van der Waals surface area contributed by atoms with Crippen LogP contribution in [0.15, 0.2) is 30.5 Å². The Labute approximate surface area is 124 Å². The van der Waals surface area contributed by atoms with Gasteiger partial charge in [0.2, 0.25) is 0 Å². The maximum atomic E-state index is 12.2. The summed E-state index contributed by atoms with van der Waals surface area (Å²) >= 11 is 0. The third-order valence-electron chi connectivity index (χ3n) is 3.27. The number of carbonyl (C=O) groups is 1. The number of nitrogens with zero attached hydrogens (tertiary/aromatic N) is 2. The van der Waals surface area contributed by atoms with Gasteiger partial charge in [-0.1, -0.05) is 38.1 Å². The molecule has 21 heavy (non-hydrogen) atoms. The van der Waals surface area contributed by atoms with E-state index in [1.165, 1.54) is 6.20 Å². The smallest absolute Gasteiger partial charge is 0.272 e. The average Bonchev–Trinajstić information content (AvgIpc) is 2.46. The standard InChI is InChI=1S/C16H20N4O/c1-10(2)15-18-9-13(17)14(20-15)16(21)19-8-12-7-5-4-6-11(12)3/h4-7,9-10H,8,17H2,1-3H3,(H,19,21). The Morgan fingerprint density at radius 3 is 2.71 bits per heavy atom. The SMILES string of the molecule is Cc1ccccc1CNC(=O)c1nc(C(C)C)ncc1N. The van der Waals surface area contributed by atoms with Gasteiger partial charge in [-0.3, -0.25) is 4.79 Å². The molecule has 1 aromatic heterocycles. The molecule has 0 radical (unpaired) electrons. The average molecular weight is 284 g/mol. The summed E-state index contributed by atoms with van der Waals surface area (Å²) in [4.78, 5) is 20.6. The van der Waals surface area contributed by atoms with Crippen LogP contribution in [0.5, 0.6) is 0 Å². The zero-order valence-electron chi connectivity index (χ0n) is 12.6. The molecule has 0 bridgehead atoms. The number of hydrogen-bond acceptors (Lipinski definition) is 4. The number of anilines is 1. The lowest BCUT2D eigenvalue weighted by atomic mass is 10.1. The topological polar surface area (TPSA) is 80.9 Å². The second-order valence-corrected chi connectivity index (χ2v) is 5.30. The van der Waals surface area contributed by atoms with Gasteiger partial charge in [0.25, 0.3) is 5.91 Å². The van der Waals surface area contributed by atoms with Crippen LogP contribution < -0.4 is 11.1 Å². The van der Waals surface area contributed by atoms with Crippen LogP contribution in [0.2, 0.25) is 0 Å². The van der Waals surface area contributed by atoms with Gasteiger partial charge in [-0.05, 0) is 18.1 Å². The van der Waals surface area contributed by atoms with Crippen LogP contribution in [0.4, 0.5) is 5.69 Å². The molecule has 5 nitrogen and oxygen atoms in total. The molecular formula is C16H20N4O. The number of aromatic nitrogens is 2. The Kier molecular flexibility index (Phi) is 4.52. The molecule has 0 spiro atoms. The molecule has 1 aromatic carbocycles. The van der Waals surface area contributed by atoms with E-state index in [2.05, 4.69) is 15.3 Å². The van der Waals surface area contributed by atoms with E-state index in [9.17, 15) is 4.79 Å². The minimum absolute atomic E-state index is 0.147. The molecule has 0 saturated carbocycles. The molecule has 0 aliphatic carbocycles. The maximum absolute atomic E-state index is 12.2. The van der Waals surface area contributed by atoms with Crippen molar-refractivity contribution in [2.75, 3.05) is 5.73 Å². The highest BCUT2D eigenvalue weighted by Gasteiger charge is 2.14. The predicted octanol–water partition coefficient (Wildman–Crippen LogP) is 2.42. The van der Waals surface area contributed by atoms with Crippen LogP contribution in [0, 0.1) is 6.92 Å². The van der Waals surface area contributed by atoms with Gasteiger partial charge >= 0.3 is 0 Å². The van der Waals surface area contributed by atoms with Crippen LogP contribution >= 0.6 is 0 Å². The molecular weight excluding hydrogens is 264 g/mol. The Balaban J connectivity index is 2.14. The van der Waals surface area contributed by atoms with E-state index in [-0.39, 0.29) is 17.5 Å². The molecule has 2 rings (SSSR count). The number of rotatable bonds is 4. The molecule has 0 unspecified atom stereocenters. The maximum Gasteiger partial charge on any atom is 0.272 e. The first-order valence-corrected chi connectivity index (χ1v) is 6.94. The van der Waals surface area contributed by atoms with Gasteiger partial charge in [0.05, 0.1) is 11.9 Å². The molecule has 3 N–H and O–H groups in total. The highest BCUT2D eigenvalue weighted by molar-refractivity contribution is 5.96. The normalized spacial score (nSPS) is 10.7. The molecule has 0 atom stereocenters. The highest BCUT2D eigenvalue weighted by Crippen LogP contribution is 2.14. The van der Waals surface area contributed by atoms with E-state index >= 15 is 0 Å². The van der Waals surface area contributed by atoms with Crippen LogP contribution in [-0.2, 0) is 6.54 Å². The molecule has 0 fully saturated rings. The molecule has 1 amide bonds. The third-order valence-corrected chi connectivity index (χ3v) is 3.27. The zero-order chi connectivity index (χ0) is 15.4. The van der Waals surface area contributed by atoms with Crippen molar-refractivity contribution in [3.63, 3.8) is 0 Å². The zero-order valence-corrected chi connectivity index (χ0v) is 12.6. The second kappa shape index (κ2) is 6.35. The third kappa shape index (κ3) is 3.56.